The molecule has 1 aromatic rings. The van der Waals surface area contributed by atoms with Gasteiger partial charge in [-0.15, -0.1) is 0 Å². The van der Waals surface area contributed by atoms with Gasteiger partial charge in [0.25, 0.3) is 0 Å². The number of hydrogen-bond donors (Lipinski definition) is 1. The van der Waals surface area contributed by atoms with E-state index in [0.717, 1.165) is 13.0 Å². The van der Waals surface area contributed by atoms with Crippen LogP contribution in [0.2, 0.25) is 0 Å². The van der Waals surface area contributed by atoms with E-state index < -0.39 is 47.1 Å². The summed E-state index contributed by atoms with van der Waals surface area (Å²) in [5, 5.41) is 2.22. The van der Waals surface area contributed by atoms with Gasteiger partial charge in [0, 0.05) is 18.6 Å². The van der Waals surface area contributed by atoms with Crippen molar-refractivity contribution in [2.45, 2.75) is 52.0 Å². The van der Waals surface area contributed by atoms with E-state index in [1.54, 1.807) is 20.8 Å². The van der Waals surface area contributed by atoms with Crippen LogP contribution in [0.3, 0.4) is 0 Å². The number of likely N-dealkylation sites (N-methyl/N-ethyl adjacent to an activating group) is 1. The van der Waals surface area contributed by atoms with Gasteiger partial charge >= 0.3 is 18.0 Å². The minimum absolute atomic E-state index is 0.130. The number of anilines is 1. The van der Waals surface area contributed by atoms with Crippen LogP contribution in [-0.4, -0.2) is 47.7 Å². The number of nitrogens with zero attached hydrogens (tertiary/aromatic N) is 1. The molecule has 1 aromatic carbocycles. The highest BCUT2D eigenvalue weighted by molar-refractivity contribution is 6.20. The average molecular weight is 451 g/mol. The first-order chi connectivity index (χ1) is 13.7. The summed E-state index contributed by atoms with van der Waals surface area (Å²) in [4.78, 5) is 36.9. The molecule has 2 unspecified atom stereocenters. The van der Waals surface area contributed by atoms with Gasteiger partial charge in [0.2, 0.25) is 0 Å². The Morgan fingerprint density at radius 1 is 1.17 bits per heavy atom. The Morgan fingerprint density at radius 2 is 1.73 bits per heavy atom. The second-order valence-corrected chi connectivity index (χ2v) is 8.00. The highest BCUT2D eigenvalue weighted by atomic mass is 35.5. The number of alkyl halides is 1. The van der Waals surface area contributed by atoms with Gasteiger partial charge in [0.05, 0.1) is 12.2 Å². The molecule has 0 radical (unpaired) electrons. The van der Waals surface area contributed by atoms with Crippen molar-refractivity contribution < 1.29 is 37.4 Å². The smallest absolute Gasteiger partial charge is 0.413 e. The first-order valence-electron chi connectivity index (χ1n) is 8.89. The molecule has 1 rings (SSSR count). The molecule has 1 amide bonds. The number of amides is 1. The van der Waals surface area contributed by atoms with Crippen LogP contribution in [0.25, 0.3) is 0 Å². The third-order valence-electron chi connectivity index (χ3n) is 3.34. The van der Waals surface area contributed by atoms with Crippen LogP contribution >= 0.6 is 11.6 Å². The lowest BCUT2D eigenvalue weighted by molar-refractivity contribution is -0.166. The molecule has 0 aromatic heterocycles. The Kier molecular flexibility index (Phi) is 8.98. The minimum Gasteiger partial charge on any atom is -0.459 e. The number of nitrogens with one attached hydrogen (secondary N) is 1. The van der Waals surface area contributed by atoms with Gasteiger partial charge in [-0.05, 0) is 40.8 Å². The quantitative estimate of drug-likeness (QED) is 0.291. The summed E-state index contributed by atoms with van der Waals surface area (Å²) >= 11 is 5.58. The van der Waals surface area contributed by atoms with Gasteiger partial charge in [-0.25, -0.2) is 13.6 Å². The molecule has 11 heteroatoms. The molecule has 8 nitrogen and oxygen atoms in total. The van der Waals surface area contributed by atoms with Crippen LogP contribution in [0.4, 0.5) is 19.3 Å². The topological polar surface area (TPSA) is 94.2 Å². The summed E-state index contributed by atoms with van der Waals surface area (Å²) in [5.41, 5.74) is -2.11. The highest BCUT2D eigenvalue weighted by Crippen LogP contribution is 2.31. The lowest BCUT2D eigenvalue weighted by atomic mass is 10.1. The summed E-state index contributed by atoms with van der Waals surface area (Å²) in [6.07, 6.45) is -2.39. The molecule has 0 fully saturated rings. The Morgan fingerprint density at radius 3 is 2.23 bits per heavy atom. The van der Waals surface area contributed by atoms with E-state index in [4.69, 9.17) is 25.8 Å². The van der Waals surface area contributed by atoms with Crippen molar-refractivity contribution in [1.29, 1.82) is 0 Å². The van der Waals surface area contributed by atoms with Crippen molar-refractivity contribution in [3.8, 4) is 0 Å². The zero-order chi connectivity index (χ0) is 23.2. The average Bonchev–Trinajstić information content (AvgIpc) is 2.53. The second kappa shape index (κ2) is 10.5. The van der Waals surface area contributed by atoms with Crippen LogP contribution < -0.4 is 5.32 Å². The lowest BCUT2D eigenvalue weighted by Gasteiger charge is -2.29. The molecule has 0 aliphatic rings. The van der Waals surface area contributed by atoms with Gasteiger partial charge in [-0.2, -0.15) is 0 Å². The fourth-order valence-electron chi connectivity index (χ4n) is 2.37. The number of hydrogen-bond acceptors (Lipinski definition) is 7. The number of ether oxygens (including phenoxy) is 3. The lowest BCUT2D eigenvalue weighted by Crippen LogP contribution is -2.37. The van der Waals surface area contributed by atoms with E-state index in [1.165, 1.54) is 18.9 Å². The van der Waals surface area contributed by atoms with E-state index in [-0.39, 0.29) is 17.8 Å². The molecule has 0 saturated carbocycles. The van der Waals surface area contributed by atoms with Gasteiger partial charge in [0.1, 0.15) is 5.60 Å². The third-order valence-corrected chi connectivity index (χ3v) is 3.43. The molecule has 0 aliphatic carbocycles. The van der Waals surface area contributed by atoms with Gasteiger partial charge in [0.15, 0.2) is 23.4 Å². The summed E-state index contributed by atoms with van der Waals surface area (Å²) in [7, 11) is 1.40. The Labute approximate surface area is 178 Å². The molecule has 0 spiro atoms. The summed E-state index contributed by atoms with van der Waals surface area (Å²) < 4.78 is 42.9. The van der Waals surface area contributed by atoms with Crippen LogP contribution in [0.5, 0.6) is 0 Å². The SMILES string of the molecule is CC(=O)OC(c1cc(F)c(F)cc1NC(=O)OC(C)Cl)N(C)CC(=O)OC(C)(C)C. The zero-order valence-corrected chi connectivity index (χ0v) is 18.3. The molecule has 2 atom stereocenters. The maximum absolute atomic E-state index is 14.0. The number of rotatable bonds is 7. The first-order valence-corrected chi connectivity index (χ1v) is 9.33. The summed E-state index contributed by atoms with van der Waals surface area (Å²) in [6, 6.07) is 1.44. The highest BCUT2D eigenvalue weighted by Gasteiger charge is 2.29. The molecule has 30 heavy (non-hydrogen) atoms. The van der Waals surface area contributed by atoms with E-state index in [1.807, 2.05) is 0 Å². The first kappa shape index (κ1) is 25.6. The van der Waals surface area contributed by atoms with Crippen LogP contribution in [0, 0.1) is 11.6 Å². The van der Waals surface area contributed by atoms with Crippen molar-refractivity contribution >= 4 is 35.3 Å². The van der Waals surface area contributed by atoms with E-state index >= 15 is 0 Å². The largest absolute Gasteiger partial charge is 0.459 e. The monoisotopic (exact) mass is 450 g/mol. The van der Waals surface area contributed by atoms with Crippen molar-refractivity contribution in [1.82, 2.24) is 4.90 Å². The molecular formula is C19H25ClF2N2O6. The molecule has 0 saturated heterocycles. The van der Waals surface area contributed by atoms with Gasteiger partial charge in [-0.1, -0.05) is 11.6 Å². The molecule has 0 heterocycles. The van der Waals surface area contributed by atoms with Crippen molar-refractivity contribution in [3.05, 3.63) is 29.3 Å². The molecule has 1 N–H and O–H groups in total. The Hall–Kier alpha value is -2.46. The number of carbonyl (C=O) groups excluding carboxylic acids is 3. The van der Waals surface area contributed by atoms with Gasteiger partial charge in [-0.3, -0.25) is 19.8 Å². The zero-order valence-electron chi connectivity index (χ0n) is 17.5. The van der Waals surface area contributed by atoms with E-state index in [0.29, 0.717) is 6.07 Å². The summed E-state index contributed by atoms with van der Waals surface area (Å²) in [5.74, 6) is -3.92. The number of halogens is 3. The Balaban J connectivity index is 3.29. The van der Waals surface area contributed by atoms with Crippen LogP contribution in [0.15, 0.2) is 12.1 Å². The van der Waals surface area contributed by atoms with Crippen LogP contribution in [-0.2, 0) is 23.8 Å². The van der Waals surface area contributed by atoms with E-state index in [9.17, 15) is 23.2 Å². The normalized spacial score (nSPS) is 13.4. The van der Waals surface area contributed by atoms with Gasteiger partial charge < -0.3 is 14.2 Å². The number of carbonyl (C=O) groups is 3. The molecule has 168 valence electrons. The van der Waals surface area contributed by atoms with E-state index in [2.05, 4.69) is 5.32 Å². The second-order valence-electron chi connectivity index (χ2n) is 7.39. The maximum atomic E-state index is 14.0. The summed E-state index contributed by atoms with van der Waals surface area (Å²) in [6.45, 7) is 7.16. The van der Waals surface area contributed by atoms with Crippen molar-refractivity contribution in [3.63, 3.8) is 0 Å². The fourth-order valence-corrected chi connectivity index (χ4v) is 2.45. The predicted octanol–water partition coefficient (Wildman–Crippen LogP) is 3.93. The van der Waals surface area contributed by atoms with Crippen LogP contribution in [0.1, 0.15) is 46.4 Å². The Bertz CT molecular complexity index is 798. The molecular weight excluding hydrogens is 426 g/mol. The standard InChI is InChI=1S/C19H25ClF2N2O6/c1-10(20)28-18(27)23-15-8-14(22)13(21)7-12(15)17(29-11(2)25)24(6)9-16(26)30-19(3,4)5/h7-8,10,17H,9H2,1-6H3,(H,23,27). The van der Waals surface area contributed by atoms with Crippen molar-refractivity contribution in [2.24, 2.45) is 0 Å². The maximum Gasteiger partial charge on any atom is 0.413 e. The minimum atomic E-state index is -1.35. The van der Waals surface area contributed by atoms with Crippen molar-refractivity contribution in [2.75, 3.05) is 18.9 Å². The number of benzene rings is 1. The fraction of sp³-hybridized carbons (Fsp3) is 0.526. The molecule has 0 bridgehead atoms. The number of esters is 2. The predicted molar refractivity (Wildman–Crippen MR) is 105 cm³/mol. The third kappa shape index (κ3) is 8.50. The molecule has 0 aliphatic heterocycles.